The first-order chi connectivity index (χ1) is 11.3. The minimum atomic E-state index is -2.77. The van der Waals surface area contributed by atoms with Crippen molar-refractivity contribution in [3.63, 3.8) is 0 Å². The van der Waals surface area contributed by atoms with Crippen LogP contribution in [0.1, 0.15) is 74.8 Å². The van der Waals surface area contributed by atoms with E-state index in [0.717, 1.165) is 25.7 Å². The fraction of sp³-hybridized carbons (Fsp3) is 0.765. The normalized spacial score (nSPS) is 18.0. The van der Waals surface area contributed by atoms with Crippen molar-refractivity contribution >= 4 is 5.91 Å². The SMILES string of the molecule is CC(C)Cn1ncc(C(=O)NCC2(O)CCCCCC2)c1C(F)F. The molecule has 1 amide bonds. The lowest BCUT2D eigenvalue weighted by atomic mass is 9.94. The van der Waals surface area contributed by atoms with E-state index in [1.54, 1.807) is 0 Å². The average molecular weight is 343 g/mol. The van der Waals surface area contributed by atoms with Gasteiger partial charge in [-0.25, -0.2) is 8.78 Å². The third-order valence-electron chi connectivity index (χ3n) is 4.48. The van der Waals surface area contributed by atoms with Gasteiger partial charge in [0.1, 0.15) is 5.69 Å². The molecule has 0 spiro atoms. The molecule has 1 aromatic heterocycles. The second-order valence-electron chi connectivity index (χ2n) is 7.14. The standard InChI is InChI=1S/C17H27F2N3O2/c1-12(2)10-22-14(15(18)19)13(9-21-22)16(23)20-11-17(24)7-5-3-4-6-8-17/h9,12,15,24H,3-8,10-11H2,1-2H3,(H,20,23). The van der Waals surface area contributed by atoms with Gasteiger partial charge in [-0.2, -0.15) is 5.10 Å². The molecule has 0 bridgehead atoms. The smallest absolute Gasteiger partial charge is 0.280 e. The van der Waals surface area contributed by atoms with Crippen LogP contribution in [0.5, 0.6) is 0 Å². The van der Waals surface area contributed by atoms with Gasteiger partial charge in [-0.3, -0.25) is 9.48 Å². The quantitative estimate of drug-likeness (QED) is 0.779. The molecule has 24 heavy (non-hydrogen) atoms. The Kier molecular flexibility index (Phi) is 6.32. The maximum Gasteiger partial charge on any atom is 0.280 e. The molecular weight excluding hydrogens is 316 g/mol. The number of carbonyl (C=O) groups excluding carboxylic acids is 1. The van der Waals surface area contributed by atoms with Crippen LogP contribution in [-0.2, 0) is 6.54 Å². The van der Waals surface area contributed by atoms with E-state index in [1.165, 1.54) is 10.9 Å². The molecule has 0 unspecified atom stereocenters. The Balaban J connectivity index is 2.07. The van der Waals surface area contributed by atoms with E-state index in [4.69, 9.17) is 0 Å². The summed E-state index contributed by atoms with van der Waals surface area (Å²) < 4.78 is 27.9. The average Bonchev–Trinajstić information content (AvgIpc) is 2.79. The van der Waals surface area contributed by atoms with E-state index < -0.39 is 17.9 Å². The molecule has 1 aromatic rings. The highest BCUT2D eigenvalue weighted by molar-refractivity contribution is 5.95. The molecule has 5 nitrogen and oxygen atoms in total. The van der Waals surface area contributed by atoms with Crippen LogP contribution in [0.2, 0.25) is 0 Å². The number of halogens is 2. The van der Waals surface area contributed by atoms with Gasteiger partial charge in [0.2, 0.25) is 0 Å². The van der Waals surface area contributed by atoms with E-state index >= 15 is 0 Å². The Hall–Kier alpha value is -1.50. The first-order valence-electron chi connectivity index (χ1n) is 8.67. The van der Waals surface area contributed by atoms with Crippen molar-refractivity contribution < 1.29 is 18.7 Å². The zero-order valence-corrected chi connectivity index (χ0v) is 14.4. The molecule has 0 radical (unpaired) electrons. The third-order valence-corrected chi connectivity index (χ3v) is 4.48. The lowest BCUT2D eigenvalue weighted by Crippen LogP contribution is -2.42. The molecule has 1 saturated carbocycles. The van der Waals surface area contributed by atoms with Crippen LogP contribution in [0, 0.1) is 5.92 Å². The number of aromatic nitrogens is 2. The van der Waals surface area contributed by atoms with Crippen LogP contribution in [0.15, 0.2) is 6.20 Å². The predicted octanol–water partition coefficient (Wildman–Crippen LogP) is 3.29. The van der Waals surface area contributed by atoms with Gasteiger partial charge in [0.25, 0.3) is 12.3 Å². The van der Waals surface area contributed by atoms with Crippen molar-refractivity contribution in [3.8, 4) is 0 Å². The molecule has 1 aliphatic carbocycles. The summed E-state index contributed by atoms with van der Waals surface area (Å²) in [5.74, 6) is -0.456. The highest BCUT2D eigenvalue weighted by Crippen LogP contribution is 2.27. The summed E-state index contributed by atoms with van der Waals surface area (Å²) in [4.78, 5) is 12.3. The molecule has 2 rings (SSSR count). The summed E-state index contributed by atoms with van der Waals surface area (Å²) in [7, 11) is 0. The van der Waals surface area contributed by atoms with Crippen molar-refractivity contribution in [3.05, 3.63) is 17.5 Å². The number of aliphatic hydroxyl groups is 1. The first-order valence-corrected chi connectivity index (χ1v) is 8.67. The zero-order valence-electron chi connectivity index (χ0n) is 14.4. The molecule has 0 aromatic carbocycles. The molecule has 7 heteroatoms. The largest absolute Gasteiger partial charge is 0.388 e. The molecular formula is C17H27F2N3O2. The van der Waals surface area contributed by atoms with Crippen LogP contribution in [0.25, 0.3) is 0 Å². The fourth-order valence-electron chi connectivity index (χ4n) is 3.19. The number of alkyl halides is 2. The zero-order chi connectivity index (χ0) is 17.7. The lowest BCUT2D eigenvalue weighted by Gasteiger charge is -2.26. The monoisotopic (exact) mass is 343 g/mol. The molecule has 136 valence electrons. The molecule has 0 aliphatic heterocycles. The molecule has 1 aliphatic rings. The van der Waals surface area contributed by atoms with E-state index in [0.29, 0.717) is 19.4 Å². The number of carbonyl (C=O) groups is 1. The molecule has 0 atom stereocenters. The molecule has 0 saturated heterocycles. The number of amides is 1. The minimum Gasteiger partial charge on any atom is -0.388 e. The van der Waals surface area contributed by atoms with Gasteiger partial charge in [-0.1, -0.05) is 39.5 Å². The van der Waals surface area contributed by atoms with Gasteiger partial charge in [-0.15, -0.1) is 0 Å². The molecule has 1 heterocycles. The summed E-state index contributed by atoms with van der Waals surface area (Å²) in [6.07, 6.45) is 3.66. The highest BCUT2D eigenvalue weighted by Gasteiger charge is 2.30. The van der Waals surface area contributed by atoms with Crippen molar-refractivity contribution in [2.75, 3.05) is 6.54 Å². The summed E-state index contributed by atoms with van der Waals surface area (Å²) in [5, 5.41) is 17.1. The van der Waals surface area contributed by atoms with Crippen molar-refractivity contribution in [1.29, 1.82) is 0 Å². The van der Waals surface area contributed by atoms with Crippen LogP contribution in [0.4, 0.5) is 8.78 Å². The van der Waals surface area contributed by atoms with Gasteiger partial charge in [0, 0.05) is 13.1 Å². The highest BCUT2D eigenvalue weighted by atomic mass is 19.3. The van der Waals surface area contributed by atoms with Crippen molar-refractivity contribution in [1.82, 2.24) is 15.1 Å². The topological polar surface area (TPSA) is 67.2 Å². The van der Waals surface area contributed by atoms with Gasteiger partial charge in [-0.05, 0) is 18.8 Å². The van der Waals surface area contributed by atoms with Crippen molar-refractivity contribution in [2.45, 2.75) is 70.9 Å². The van der Waals surface area contributed by atoms with E-state index in [9.17, 15) is 18.7 Å². The Labute approximate surface area is 141 Å². The second-order valence-corrected chi connectivity index (χ2v) is 7.14. The van der Waals surface area contributed by atoms with Crippen LogP contribution in [-0.4, -0.2) is 32.9 Å². The van der Waals surface area contributed by atoms with E-state index in [2.05, 4.69) is 10.4 Å². The maximum absolute atomic E-state index is 13.4. The Morgan fingerprint density at radius 1 is 1.33 bits per heavy atom. The Morgan fingerprint density at radius 3 is 2.50 bits per heavy atom. The summed E-state index contributed by atoms with van der Waals surface area (Å²) in [6.45, 7) is 4.22. The molecule has 2 N–H and O–H groups in total. The van der Waals surface area contributed by atoms with Crippen LogP contribution in [0.3, 0.4) is 0 Å². The summed E-state index contributed by atoms with van der Waals surface area (Å²) in [6, 6.07) is 0. The molecule has 1 fully saturated rings. The van der Waals surface area contributed by atoms with E-state index in [-0.39, 0.29) is 23.7 Å². The maximum atomic E-state index is 13.4. The van der Waals surface area contributed by atoms with Gasteiger partial charge in [0.05, 0.1) is 17.4 Å². The number of rotatable bonds is 6. The summed E-state index contributed by atoms with van der Waals surface area (Å²) in [5.41, 5.74) is -1.40. The minimum absolute atomic E-state index is 0.0872. The Bertz CT molecular complexity index is 550. The number of hydrogen-bond acceptors (Lipinski definition) is 3. The van der Waals surface area contributed by atoms with E-state index in [1.807, 2.05) is 13.8 Å². The Morgan fingerprint density at radius 2 is 1.96 bits per heavy atom. The summed E-state index contributed by atoms with van der Waals surface area (Å²) >= 11 is 0. The number of nitrogens with one attached hydrogen (secondary N) is 1. The van der Waals surface area contributed by atoms with Crippen molar-refractivity contribution in [2.24, 2.45) is 5.92 Å². The third kappa shape index (κ3) is 4.75. The fourth-order valence-corrected chi connectivity index (χ4v) is 3.19. The van der Waals surface area contributed by atoms with Gasteiger partial charge >= 0.3 is 0 Å². The lowest BCUT2D eigenvalue weighted by molar-refractivity contribution is 0.0245. The second kappa shape index (κ2) is 8.05. The number of hydrogen-bond donors (Lipinski definition) is 2. The van der Waals surface area contributed by atoms with Crippen LogP contribution < -0.4 is 5.32 Å². The van der Waals surface area contributed by atoms with Crippen LogP contribution >= 0.6 is 0 Å². The predicted molar refractivity (Wildman–Crippen MR) is 87.0 cm³/mol. The number of nitrogens with zero attached hydrogens (tertiary/aromatic N) is 2. The van der Waals surface area contributed by atoms with Gasteiger partial charge in [0.15, 0.2) is 0 Å². The van der Waals surface area contributed by atoms with Gasteiger partial charge < -0.3 is 10.4 Å². The first kappa shape index (κ1) is 18.8.